The fourth-order valence-electron chi connectivity index (χ4n) is 4.86. The zero-order chi connectivity index (χ0) is 17.0. The minimum Gasteiger partial charge on any atom is -0.342 e. The van der Waals surface area contributed by atoms with Crippen LogP contribution in [0.3, 0.4) is 0 Å². The molecule has 3 rings (SSSR count). The van der Waals surface area contributed by atoms with E-state index < -0.39 is 0 Å². The molecule has 4 nitrogen and oxygen atoms in total. The number of amides is 2. The molecule has 0 aromatic rings. The van der Waals surface area contributed by atoms with Crippen LogP contribution in [0.4, 0.5) is 0 Å². The number of carbonyl (C=O) groups is 2. The van der Waals surface area contributed by atoms with Crippen LogP contribution in [-0.4, -0.2) is 47.8 Å². The molecule has 0 bridgehead atoms. The first-order valence-corrected chi connectivity index (χ1v) is 9.83. The second-order valence-electron chi connectivity index (χ2n) is 8.03. The Morgan fingerprint density at radius 1 is 1.17 bits per heavy atom. The molecule has 3 fully saturated rings. The summed E-state index contributed by atoms with van der Waals surface area (Å²) in [6, 6.07) is 0. The van der Waals surface area contributed by atoms with Crippen molar-refractivity contribution < 1.29 is 9.59 Å². The van der Waals surface area contributed by atoms with Gasteiger partial charge in [0.05, 0.1) is 5.41 Å². The number of nitrogens with zero attached hydrogens (tertiary/aromatic N) is 2. The standard InChI is InChI=1S/C20H32N2O2/c1-2-3-10-18(23)22-14-12-20(16-22)11-7-13-21(19(20)24)15-17-8-5-4-6-9-17/h2,17H,1,3-16H2. The number of allylic oxidation sites excluding steroid dienone is 1. The van der Waals surface area contributed by atoms with E-state index in [2.05, 4.69) is 11.5 Å². The Bertz CT molecular complexity index is 484. The van der Waals surface area contributed by atoms with Crippen molar-refractivity contribution in [2.45, 2.75) is 64.2 Å². The molecule has 1 aliphatic carbocycles. The summed E-state index contributed by atoms with van der Waals surface area (Å²) in [5, 5.41) is 0. The average molecular weight is 332 g/mol. The monoisotopic (exact) mass is 332 g/mol. The van der Waals surface area contributed by atoms with Gasteiger partial charge in [-0.3, -0.25) is 9.59 Å². The first kappa shape index (κ1) is 17.5. The lowest BCUT2D eigenvalue weighted by Gasteiger charge is -2.41. The van der Waals surface area contributed by atoms with E-state index in [4.69, 9.17) is 0 Å². The van der Waals surface area contributed by atoms with Crippen molar-refractivity contribution in [2.75, 3.05) is 26.2 Å². The molecule has 0 aromatic heterocycles. The normalized spacial score (nSPS) is 28.6. The zero-order valence-electron chi connectivity index (χ0n) is 15.0. The van der Waals surface area contributed by atoms with E-state index >= 15 is 0 Å². The van der Waals surface area contributed by atoms with Crippen LogP contribution in [0.15, 0.2) is 12.7 Å². The van der Waals surface area contributed by atoms with Crippen molar-refractivity contribution in [3.63, 3.8) is 0 Å². The summed E-state index contributed by atoms with van der Waals surface area (Å²) in [5.41, 5.74) is -0.281. The number of piperidine rings is 1. The Morgan fingerprint density at radius 2 is 1.96 bits per heavy atom. The first-order valence-electron chi connectivity index (χ1n) is 9.83. The lowest BCUT2D eigenvalue weighted by molar-refractivity contribution is -0.147. The maximum absolute atomic E-state index is 13.2. The number of hydrogen-bond acceptors (Lipinski definition) is 2. The van der Waals surface area contributed by atoms with Gasteiger partial charge in [-0.15, -0.1) is 6.58 Å². The van der Waals surface area contributed by atoms with E-state index in [0.717, 1.165) is 45.3 Å². The Balaban J connectivity index is 1.60. The second-order valence-corrected chi connectivity index (χ2v) is 8.03. The summed E-state index contributed by atoms with van der Waals surface area (Å²) < 4.78 is 0. The number of likely N-dealkylation sites (tertiary alicyclic amines) is 2. The molecule has 2 amide bonds. The van der Waals surface area contributed by atoms with E-state index in [1.54, 1.807) is 6.08 Å². The molecule has 4 heteroatoms. The molecule has 1 spiro atoms. The maximum atomic E-state index is 13.2. The molecule has 134 valence electrons. The fraction of sp³-hybridized carbons (Fsp3) is 0.800. The third-order valence-electron chi connectivity index (χ3n) is 6.30. The zero-order valence-corrected chi connectivity index (χ0v) is 15.0. The topological polar surface area (TPSA) is 40.6 Å². The highest BCUT2D eigenvalue weighted by Gasteiger charge is 2.49. The molecular formula is C20H32N2O2. The van der Waals surface area contributed by atoms with E-state index in [0.29, 0.717) is 24.8 Å². The van der Waals surface area contributed by atoms with Crippen LogP contribution in [0.1, 0.15) is 64.2 Å². The number of carbonyl (C=O) groups excluding carboxylic acids is 2. The van der Waals surface area contributed by atoms with E-state index in [-0.39, 0.29) is 11.3 Å². The van der Waals surface area contributed by atoms with Crippen LogP contribution in [0.25, 0.3) is 0 Å². The van der Waals surface area contributed by atoms with Crippen LogP contribution in [0, 0.1) is 11.3 Å². The molecule has 2 saturated heterocycles. The van der Waals surface area contributed by atoms with Gasteiger partial charge < -0.3 is 9.80 Å². The van der Waals surface area contributed by atoms with E-state index in [9.17, 15) is 9.59 Å². The van der Waals surface area contributed by atoms with Gasteiger partial charge in [-0.2, -0.15) is 0 Å². The van der Waals surface area contributed by atoms with Gasteiger partial charge in [0.1, 0.15) is 0 Å². The van der Waals surface area contributed by atoms with E-state index in [1.165, 1.54) is 32.1 Å². The van der Waals surface area contributed by atoms with Crippen LogP contribution >= 0.6 is 0 Å². The third-order valence-corrected chi connectivity index (χ3v) is 6.30. The molecule has 2 aliphatic heterocycles. The summed E-state index contributed by atoms with van der Waals surface area (Å²) in [7, 11) is 0. The van der Waals surface area contributed by atoms with Crippen molar-refractivity contribution in [1.29, 1.82) is 0 Å². The van der Waals surface area contributed by atoms with Crippen molar-refractivity contribution in [3.05, 3.63) is 12.7 Å². The van der Waals surface area contributed by atoms with Gasteiger partial charge in [0.15, 0.2) is 0 Å². The Morgan fingerprint density at radius 3 is 2.71 bits per heavy atom. The molecule has 1 atom stereocenters. The van der Waals surface area contributed by atoms with Crippen LogP contribution in [0.2, 0.25) is 0 Å². The number of hydrogen-bond donors (Lipinski definition) is 0. The highest BCUT2D eigenvalue weighted by Crippen LogP contribution is 2.41. The van der Waals surface area contributed by atoms with Crippen molar-refractivity contribution in [2.24, 2.45) is 11.3 Å². The van der Waals surface area contributed by atoms with Gasteiger partial charge in [0.25, 0.3) is 0 Å². The summed E-state index contributed by atoms with van der Waals surface area (Å²) >= 11 is 0. The Kier molecular flexibility index (Phi) is 5.62. The van der Waals surface area contributed by atoms with Crippen LogP contribution in [0.5, 0.6) is 0 Å². The highest BCUT2D eigenvalue weighted by molar-refractivity contribution is 5.86. The van der Waals surface area contributed by atoms with Gasteiger partial charge in [-0.25, -0.2) is 0 Å². The molecule has 2 heterocycles. The van der Waals surface area contributed by atoms with Crippen molar-refractivity contribution in [3.8, 4) is 0 Å². The van der Waals surface area contributed by atoms with E-state index in [1.807, 2.05) is 4.90 Å². The molecule has 0 radical (unpaired) electrons. The summed E-state index contributed by atoms with van der Waals surface area (Å²) in [4.78, 5) is 29.5. The second kappa shape index (κ2) is 7.71. The molecule has 3 aliphatic rings. The van der Waals surface area contributed by atoms with Crippen LogP contribution in [-0.2, 0) is 9.59 Å². The quantitative estimate of drug-likeness (QED) is 0.724. The predicted octanol–water partition coefficient (Wildman–Crippen LogP) is 3.37. The summed E-state index contributed by atoms with van der Waals surface area (Å²) in [5.74, 6) is 1.21. The Hall–Kier alpha value is -1.32. The minimum absolute atomic E-state index is 0.184. The molecule has 0 N–H and O–H groups in total. The fourth-order valence-corrected chi connectivity index (χ4v) is 4.86. The molecule has 1 saturated carbocycles. The average Bonchev–Trinajstić information content (AvgIpc) is 3.03. The summed E-state index contributed by atoms with van der Waals surface area (Å²) in [6.45, 7) is 6.95. The molecule has 24 heavy (non-hydrogen) atoms. The lowest BCUT2D eigenvalue weighted by Crippen LogP contribution is -2.51. The van der Waals surface area contributed by atoms with Gasteiger partial charge in [-0.1, -0.05) is 25.3 Å². The van der Waals surface area contributed by atoms with Crippen molar-refractivity contribution in [1.82, 2.24) is 9.80 Å². The molecular weight excluding hydrogens is 300 g/mol. The van der Waals surface area contributed by atoms with Gasteiger partial charge >= 0.3 is 0 Å². The lowest BCUT2D eigenvalue weighted by atomic mass is 9.77. The SMILES string of the molecule is C=CCCC(=O)N1CCC2(CCCN(CC3CCCCC3)C2=O)C1. The van der Waals surface area contributed by atoms with Gasteiger partial charge in [0.2, 0.25) is 11.8 Å². The first-order chi connectivity index (χ1) is 11.6. The number of rotatable bonds is 5. The summed E-state index contributed by atoms with van der Waals surface area (Å²) in [6.07, 6.45) is 12.5. The third kappa shape index (κ3) is 3.68. The maximum Gasteiger partial charge on any atom is 0.230 e. The van der Waals surface area contributed by atoms with Gasteiger partial charge in [0, 0.05) is 32.6 Å². The Labute approximate surface area is 146 Å². The highest BCUT2D eigenvalue weighted by atomic mass is 16.2. The molecule has 1 unspecified atom stereocenters. The smallest absolute Gasteiger partial charge is 0.230 e. The minimum atomic E-state index is -0.281. The van der Waals surface area contributed by atoms with Crippen molar-refractivity contribution >= 4 is 11.8 Å². The molecule has 0 aromatic carbocycles. The van der Waals surface area contributed by atoms with Crippen LogP contribution < -0.4 is 0 Å². The van der Waals surface area contributed by atoms with Gasteiger partial charge in [-0.05, 0) is 44.4 Å². The largest absolute Gasteiger partial charge is 0.342 e. The predicted molar refractivity (Wildman–Crippen MR) is 95.5 cm³/mol.